The van der Waals surface area contributed by atoms with Gasteiger partial charge >= 0.3 is 0 Å². The number of rotatable bonds is 1. The molecule has 0 radical (unpaired) electrons. The Morgan fingerprint density at radius 3 is 2.91 bits per heavy atom. The van der Waals surface area contributed by atoms with Gasteiger partial charge in [0.25, 0.3) is 0 Å². The maximum absolute atomic E-state index is 5.95. The lowest BCUT2D eigenvalue weighted by atomic mass is 9.76. The molecule has 0 amide bonds. The Kier molecular flexibility index (Phi) is 1.44. The topological polar surface area (TPSA) is 0 Å². The zero-order chi connectivity index (χ0) is 8.06. The van der Waals surface area contributed by atoms with Gasteiger partial charge in [0.2, 0.25) is 0 Å². The van der Waals surface area contributed by atoms with E-state index >= 15 is 0 Å². The van der Waals surface area contributed by atoms with Crippen molar-refractivity contribution >= 4 is 11.6 Å². The van der Waals surface area contributed by atoms with Crippen LogP contribution >= 0.6 is 11.6 Å². The van der Waals surface area contributed by atoms with E-state index in [1.165, 1.54) is 24.0 Å². The molecule has 11 heavy (non-hydrogen) atoms. The van der Waals surface area contributed by atoms with Gasteiger partial charge in [-0.25, -0.2) is 0 Å². The molecule has 60 valence electrons. The van der Waals surface area contributed by atoms with Gasteiger partial charge in [-0.1, -0.05) is 19.6 Å². The molecular weight excluding hydrogens is 156 g/mol. The molecule has 2 atom stereocenters. The van der Waals surface area contributed by atoms with Gasteiger partial charge in [0, 0.05) is 11.3 Å². The van der Waals surface area contributed by atoms with E-state index in [0.29, 0.717) is 0 Å². The molecule has 1 heteroatoms. The Morgan fingerprint density at radius 1 is 1.82 bits per heavy atom. The highest BCUT2D eigenvalue weighted by Gasteiger charge is 2.45. The molecule has 0 spiro atoms. The molecule has 2 aliphatic rings. The maximum atomic E-state index is 5.95. The van der Waals surface area contributed by atoms with Crippen LogP contribution in [-0.4, -0.2) is 5.88 Å². The van der Waals surface area contributed by atoms with Crippen LogP contribution < -0.4 is 0 Å². The molecule has 2 rings (SSSR count). The summed E-state index contributed by atoms with van der Waals surface area (Å²) in [7, 11) is 0. The van der Waals surface area contributed by atoms with Crippen LogP contribution in [0.2, 0.25) is 0 Å². The number of hydrogen-bond acceptors (Lipinski definition) is 0. The Labute approximate surface area is 72.9 Å². The highest BCUT2D eigenvalue weighted by atomic mass is 35.5. The van der Waals surface area contributed by atoms with Gasteiger partial charge in [-0.2, -0.15) is 0 Å². The molecule has 2 bridgehead atoms. The molecule has 0 aromatic rings. The lowest BCUT2D eigenvalue weighted by Crippen LogP contribution is -2.25. The molecule has 0 aromatic heterocycles. The Hall–Kier alpha value is -0.230. The molecule has 1 saturated carbocycles. The summed E-state index contributed by atoms with van der Waals surface area (Å²) < 4.78 is 0. The minimum Gasteiger partial charge on any atom is -0.126 e. The second-order valence-corrected chi connectivity index (χ2v) is 4.16. The fourth-order valence-electron chi connectivity index (χ4n) is 2.25. The summed E-state index contributed by atoms with van der Waals surface area (Å²) in [4.78, 5) is 0. The fraction of sp³-hybridized carbons (Fsp3) is 0.600. The predicted molar refractivity (Wildman–Crippen MR) is 48.8 cm³/mol. The van der Waals surface area contributed by atoms with Crippen molar-refractivity contribution < 1.29 is 0 Å². The maximum Gasteiger partial charge on any atom is 0.0320 e. The molecule has 0 nitrogen and oxygen atoms in total. The third-order valence-electron chi connectivity index (χ3n) is 3.37. The number of halogens is 1. The third-order valence-corrected chi connectivity index (χ3v) is 3.93. The predicted octanol–water partition coefficient (Wildman–Crippen LogP) is 3.14. The summed E-state index contributed by atoms with van der Waals surface area (Å²) in [6, 6.07) is 0. The van der Waals surface area contributed by atoms with Crippen molar-refractivity contribution in [2.24, 2.45) is 11.3 Å². The zero-order valence-corrected chi connectivity index (χ0v) is 7.62. The lowest BCUT2D eigenvalue weighted by molar-refractivity contribution is 0.317. The molecule has 1 fully saturated rings. The van der Waals surface area contributed by atoms with Crippen LogP contribution in [-0.2, 0) is 0 Å². The minimum atomic E-state index is 0.214. The summed E-state index contributed by atoms with van der Waals surface area (Å²) >= 11 is 5.95. The number of alkyl halides is 1. The van der Waals surface area contributed by atoms with Gasteiger partial charge in [0.05, 0.1) is 0 Å². The number of allylic oxidation sites excluding steroid dienone is 3. The molecule has 0 saturated heterocycles. The van der Waals surface area contributed by atoms with Gasteiger partial charge in [-0.15, -0.1) is 11.6 Å². The van der Waals surface area contributed by atoms with Crippen molar-refractivity contribution in [2.45, 2.75) is 19.8 Å². The van der Waals surface area contributed by atoms with Crippen molar-refractivity contribution in [3.63, 3.8) is 0 Å². The first-order valence-electron chi connectivity index (χ1n) is 4.13. The smallest absolute Gasteiger partial charge is 0.0320 e. The molecule has 0 N–H and O–H groups in total. The summed E-state index contributed by atoms with van der Waals surface area (Å²) in [6.07, 6.45) is 4.76. The fourth-order valence-corrected chi connectivity index (χ4v) is 2.63. The largest absolute Gasteiger partial charge is 0.126 e. The van der Waals surface area contributed by atoms with Crippen LogP contribution in [0, 0.1) is 11.3 Å². The van der Waals surface area contributed by atoms with E-state index in [2.05, 4.69) is 19.6 Å². The van der Waals surface area contributed by atoms with E-state index in [0.717, 1.165) is 11.8 Å². The molecule has 0 heterocycles. The van der Waals surface area contributed by atoms with Gasteiger partial charge in [-0.3, -0.25) is 0 Å². The van der Waals surface area contributed by atoms with Crippen LogP contribution in [0.3, 0.4) is 0 Å². The average Bonchev–Trinajstić information content (AvgIpc) is 2.56. The number of fused-ring (bicyclic) bond motifs is 2. The van der Waals surface area contributed by atoms with E-state index < -0.39 is 0 Å². The van der Waals surface area contributed by atoms with E-state index in [1.807, 2.05) is 0 Å². The van der Waals surface area contributed by atoms with Crippen molar-refractivity contribution in [1.82, 2.24) is 0 Å². The number of hydrogen-bond donors (Lipinski definition) is 0. The van der Waals surface area contributed by atoms with E-state index in [4.69, 9.17) is 11.6 Å². The summed E-state index contributed by atoms with van der Waals surface area (Å²) in [5.41, 5.74) is 2.98. The summed E-state index contributed by atoms with van der Waals surface area (Å²) in [5.74, 6) is 1.48. The zero-order valence-electron chi connectivity index (χ0n) is 6.86. The van der Waals surface area contributed by atoms with Gasteiger partial charge in [0.1, 0.15) is 0 Å². The Morgan fingerprint density at radius 2 is 2.55 bits per heavy atom. The van der Waals surface area contributed by atoms with Crippen LogP contribution in [0.4, 0.5) is 0 Å². The minimum absolute atomic E-state index is 0.214. The highest BCUT2D eigenvalue weighted by Crippen LogP contribution is 2.55. The van der Waals surface area contributed by atoms with Gasteiger partial charge in [-0.05, 0) is 29.9 Å². The van der Waals surface area contributed by atoms with E-state index in [1.54, 1.807) is 0 Å². The van der Waals surface area contributed by atoms with E-state index in [-0.39, 0.29) is 5.41 Å². The van der Waals surface area contributed by atoms with Crippen molar-refractivity contribution in [3.8, 4) is 0 Å². The van der Waals surface area contributed by atoms with Crippen LogP contribution in [0.25, 0.3) is 0 Å². The summed E-state index contributed by atoms with van der Waals surface area (Å²) in [6.45, 7) is 6.35. The SMILES string of the molecule is C=C1C2=CCC(C2)C1(C)CCl. The quantitative estimate of drug-likeness (QED) is 0.528. The first-order chi connectivity index (χ1) is 5.18. The lowest BCUT2D eigenvalue weighted by Gasteiger charge is -2.31. The van der Waals surface area contributed by atoms with Crippen LogP contribution in [0.15, 0.2) is 23.8 Å². The molecule has 2 unspecified atom stereocenters. The van der Waals surface area contributed by atoms with E-state index in [9.17, 15) is 0 Å². The highest BCUT2D eigenvalue weighted by molar-refractivity contribution is 6.18. The summed E-state index contributed by atoms with van der Waals surface area (Å²) in [5, 5.41) is 0. The van der Waals surface area contributed by atoms with Crippen LogP contribution in [0.1, 0.15) is 19.8 Å². The molecule has 0 aliphatic heterocycles. The second-order valence-electron chi connectivity index (χ2n) is 3.90. The Balaban J connectivity index is 2.40. The molecule has 2 aliphatic carbocycles. The normalized spacial score (nSPS) is 41.5. The second kappa shape index (κ2) is 2.13. The standard InChI is InChI=1S/C10H13Cl/c1-7-8-3-4-9(5-8)10(7,2)6-11/h3,9H,1,4-6H2,2H3. The molecular formula is C10H13Cl. The molecule has 0 aromatic carbocycles. The van der Waals surface area contributed by atoms with Gasteiger partial charge in [0.15, 0.2) is 0 Å². The average molecular weight is 169 g/mol. The van der Waals surface area contributed by atoms with Crippen molar-refractivity contribution in [3.05, 3.63) is 23.8 Å². The first kappa shape index (κ1) is 7.42. The third kappa shape index (κ3) is 0.765. The van der Waals surface area contributed by atoms with Gasteiger partial charge < -0.3 is 0 Å². The monoisotopic (exact) mass is 168 g/mol. The van der Waals surface area contributed by atoms with Crippen molar-refractivity contribution in [1.29, 1.82) is 0 Å². The van der Waals surface area contributed by atoms with Crippen LogP contribution in [0.5, 0.6) is 0 Å². The Bertz CT molecular complexity index is 239. The van der Waals surface area contributed by atoms with Crippen molar-refractivity contribution in [2.75, 3.05) is 5.88 Å². The first-order valence-corrected chi connectivity index (χ1v) is 4.66.